The molecule has 0 aliphatic rings. The second-order valence-electron chi connectivity index (χ2n) is 5.34. The van der Waals surface area contributed by atoms with Crippen molar-refractivity contribution in [2.45, 2.75) is 13.2 Å². The van der Waals surface area contributed by atoms with E-state index >= 15 is 0 Å². The van der Waals surface area contributed by atoms with Crippen molar-refractivity contribution in [2.75, 3.05) is 20.1 Å². The van der Waals surface area contributed by atoms with E-state index in [2.05, 4.69) is 30.7 Å². The van der Waals surface area contributed by atoms with Gasteiger partial charge in [0.15, 0.2) is 5.96 Å². The Morgan fingerprint density at radius 2 is 1.93 bits per heavy atom. The average Bonchev–Trinajstić information content (AvgIpc) is 2.68. The predicted molar refractivity (Wildman–Crippen MR) is 97.8 cm³/mol. The number of carbonyl (C=O) groups excluding carboxylic acids is 1. The number of nitrogens with one attached hydrogen (secondary N) is 3. The zero-order valence-electron chi connectivity index (χ0n) is 14.8. The van der Waals surface area contributed by atoms with Crippen LogP contribution in [-0.4, -0.2) is 43.6 Å². The molecule has 7 nitrogen and oxygen atoms in total. The van der Waals surface area contributed by atoms with Crippen LogP contribution in [-0.2, 0) is 6.54 Å². The molecule has 27 heavy (non-hydrogen) atoms. The van der Waals surface area contributed by atoms with E-state index in [0.717, 1.165) is 0 Å². The van der Waals surface area contributed by atoms with Crippen LogP contribution in [0, 0.1) is 0 Å². The lowest BCUT2D eigenvalue weighted by Crippen LogP contribution is -2.41. The second-order valence-corrected chi connectivity index (χ2v) is 5.34. The fraction of sp³-hybridized carbons (Fsp3) is 0.278. The Bertz CT molecular complexity index is 756. The van der Waals surface area contributed by atoms with Gasteiger partial charge in [-0.2, -0.15) is 8.78 Å². The normalized spacial score (nSPS) is 11.2. The minimum atomic E-state index is -2.88. The number of para-hydroxylation sites is 1. The first-order valence-electron chi connectivity index (χ1n) is 8.25. The van der Waals surface area contributed by atoms with Crippen molar-refractivity contribution in [1.29, 1.82) is 0 Å². The number of guanidine groups is 1. The molecule has 0 spiro atoms. The highest BCUT2D eigenvalue weighted by Gasteiger charge is 2.09. The molecule has 3 N–H and O–H groups in total. The first kappa shape index (κ1) is 20.1. The SMILES string of the molecule is CN=C(NCCNC(=O)c1cccnc1)NCc1ccccc1OC(F)F. The molecule has 0 unspecified atom stereocenters. The van der Waals surface area contributed by atoms with Gasteiger partial charge in [-0.3, -0.25) is 14.8 Å². The van der Waals surface area contributed by atoms with Crippen molar-refractivity contribution >= 4 is 11.9 Å². The molecule has 2 aromatic rings. The van der Waals surface area contributed by atoms with Gasteiger partial charge in [-0.1, -0.05) is 18.2 Å². The molecule has 0 radical (unpaired) electrons. The van der Waals surface area contributed by atoms with Crippen molar-refractivity contribution in [3.63, 3.8) is 0 Å². The van der Waals surface area contributed by atoms with Gasteiger partial charge in [0, 0.05) is 44.6 Å². The van der Waals surface area contributed by atoms with Gasteiger partial charge >= 0.3 is 6.61 Å². The molecule has 1 amide bonds. The van der Waals surface area contributed by atoms with Crippen LogP contribution in [0.4, 0.5) is 8.78 Å². The summed E-state index contributed by atoms with van der Waals surface area (Å²) in [5, 5.41) is 8.79. The highest BCUT2D eigenvalue weighted by Crippen LogP contribution is 2.19. The molecule has 0 saturated carbocycles. The van der Waals surface area contributed by atoms with Crippen molar-refractivity contribution < 1.29 is 18.3 Å². The number of hydrogen-bond donors (Lipinski definition) is 3. The van der Waals surface area contributed by atoms with Crippen LogP contribution in [0.15, 0.2) is 53.8 Å². The summed E-state index contributed by atoms with van der Waals surface area (Å²) in [6.45, 7) is -1.82. The van der Waals surface area contributed by atoms with Crippen LogP contribution >= 0.6 is 0 Å². The van der Waals surface area contributed by atoms with Crippen molar-refractivity contribution in [1.82, 2.24) is 20.9 Å². The Labute approximate surface area is 155 Å². The molecule has 2 rings (SSSR count). The fourth-order valence-electron chi connectivity index (χ4n) is 2.22. The number of benzene rings is 1. The van der Waals surface area contributed by atoms with Crippen molar-refractivity contribution in [2.24, 2.45) is 4.99 Å². The second kappa shape index (κ2) is 10.7. The Balaban J connectivity index is 1.76. The number of rotatable bonds is 8. The lowest BCUT2D eigenvalue weighted by molar-refractivity contribution is -0.0504. The average molecular weight is 377 g/mol. The van der Waals surface area contributed by atoms with Crippen LogP contribution in [0.3, 0.4) is 0 Å². The third-order valence-corrected chi connectivity index (χ3v) is 3.49. The Hall–Kier alpha value is -3.23. The summed E-state index contributed by atoms with van der Waals surface area (Å²) in [6.07, 6.45) is 3.08. The molecule has 0 aliphatic heterocycles. The summed E-state index contributed by atoms with van der Waals surface area (Å²) in [7, 11) is 1.59. The van der Waals surface area contributed by atoms with Gasteiger partial charge in [-0.15, -0.1) is 0 Å². The molecule has 1 heterocycles. The molecule has 9 heteroatoms. The summed E-state index contributed by atoms with van der Waals surface area (Å²) < 4.78 is 29.4. The number of nitrogens with zero attached hydrogens (tertiary/aromatic N) is 2. The number of alkyl halides is 2. The summed E-state index contributed by atoms with van der Waals surface area (Å²) in [5.41, 5.74) is 1.06. The van der Waals surface area contributed by atoms with Crippen molar-refractivity contribution in [3.05, 3.63) is 59.9 Å². The van der Waals surface area contributed by atoms with Crippen LogP contribution in [0.5, 0.6) is 5.75 Å². The van der Waals surface area contributed by atoms with E-state index in [4.69, 9.17) is 0 Å². The largest absolute Gasteiger partial charge is 0.434 e. The molecule has 1 aromatic carbocycles. The number of pyridine rings is 1. The van der Waals surface area contributed by atoms with Gasteiger partial charge < -0.3 is 20.7 Å². The van der Waals surface area contributed by atoms with E-state index in [1.54, 1.807) is 43.6 Å². The maximum Gasteiger partial charge on any atom is 0.387 e. The minimum Gasteiger partial charge on any atom is -0.434 e. The molecule has 0 saturated heterocycles. The van der Waals surface area contributed by atoms with Crippen LogP contribution in [0.2, 0.25) is 0 Å². The smallest absolute Gasteiger partial charge is 0.387 e. The van der Waals surface area contributed by atoms with E-state index in [1.807, 2.05) is 0 Å². The lowest BCUT2D eigenvalue weighted by Gasteiger charge is -2.14. The molecule has 0 aliphatic carbocycles. The third-order valence-electron chi connectivity index (χ3n) is 3.49. The highest BCUT2D eigenvalue weighted by atomic mass is 19.3. The molecule has 0 fully saturated rings. The number of hydrogen-bond acceptors (Lipinski definition) is 4. The Morgan fingerprint density at radius 3 is 2.63 bits per heavy atom. The maximum absolute atomic E-state index is 12.4. The van der Waals surface area contributed by atoms with E-state index in [0.29, 0.717) is 30.2 Å². The van der Waals surface area contributed by atoms with Gasteiger partial charge in [0.05, 0.1) is 5.56 Å². The zero-order chi connectivity index (χ0) is 19.5. The van der Waals surface area contributed by atoms with Crippen LogP contribution in [0.1, 0.15) is 15.9 Å². The number of ether oxygens (including phenoxy) is 1. The summed E-state index contributed by atoms with van der Waals surface area (Å²) >= 11 is 0. The van der Waals surface area contributed by atoms with Crippen LogP contribution in [0.25, 0.3) is 0 Å². The van der Waals surface area contributed by atoms with E-state index < -0.39 is 6.61 Å². The molecule has 0 atom stereocenters. The summed E-state index contributed by atoms with van der Waals surface area (Å²) in [5.74, 6) is 0.364. The van der Waals surface area contributed by atoms with Crippen LogP contribution < -0.4 is 20.7 Å². The number of halogens is 2. The van der Waals surface area contributed by atoms with E-state index in [1.165, 1.54) is 12.3 Å². The van der Waals surface area contributed by atoms with E-state index in [-0.39, 0.29) is 18.2 Å². The monoisotopic (exact) mass is 377 g/mol. The first-order valence-corrected chi connectivity index (χ1v) is 8.25. The lowest BCUT2D eigenvalue weighted by atomic mass is 10.2. The zero-order valence-corrected chi connectivity index (χ0v) is 14.8. The predicted octanol–water partition coefficient (Wildman–Crippen LogP) is 1.78. The summed E-state index contributed by atoms with van der Waals surface area (Å²) in [4.78, 5) is 19.8. The standard InChI is InChI=1S/C18H21F2N5O2/c1-21-18(24-10-9-23-16(26)14-6-4-8-22-11-14)25-12-13-5-2-3-7-15(13)27-17(19)20/h2-8,11,17H,9-10,12H2,1H3,(H,23,26)(H2,21,24,25). The molecule has 144 valence electrons. The van der Waals surface area contributed by atoms with Gasteiger partial charge in [0.2, 0.25) is 0 Å². The number of amides is 1. The van der Waals surface area contributed by atoms with Gasteiger partial charge in [-0.25, -0.2) is 0 Å². The minimum absolute atomic E-state index is 0.110. The fourth-order valence-corrected chi connectivity index (χ4v) is 2.22. The number of aliphatic imine (C=N–C) groups is 1. The van der Waals surface area contributed by atoms with Gasteiger partial charge in [0.25, 0.3) is 5.91 Å². The first-order chi connectivity index (χ1) is 13.1. The Morgan fingerprint density at radius 1 is 1.15 bits per heavy atom. The van der Waals surface area contributed by atoms with Crippen molar-refractivity contribution in [3.8, 4) is 5.75 Å². The topological polar surface area (TPSA) is 87.6 Å². The molecular weight excluding hydrogens is 356 g/mol. The molecule has 1 aromatic heterocycles. The van der Waals surface area contributed by atoms with Gasteiger partial charge in [-0.05, 0) is 18.2 Å². The third kappa shape index (κ3) is 6.89. The van der Waals surface area contributed by atoms with Gasteiger partial charge in [0.1, 0.15) is 5.75 Å². The Kier molecular flexibility index (Phi) is 7.95. The van der Waals surface area contributed by atoms with E-state index in [9.17, 15) is 13.6 Å². The molecule has 0 bridgehead atoms. The number of carbonyl (C=O) groups is 1. The molecular formula is C18H21F2N5O2. The number of aromatic nitrogens is 1. The quantitative estimate of drug-likeness (QED) is 0.371. The highest BCUT2D eigenvalue weighted by molar-refractivity contribution is 5.93. The summed E-state index contributed by atoms with van der Waals surface area (Å²) in [6, 6.07) is 9.89. The maximum atomic E-state index is 12.4.